The summed E-state index contributed by atoms with van der Waals surface area (Å²) in [5.41, 5.74) is 0.691. The molecular formula is C24H28NO7PS. The van der Waals surface area contributed by atoms with E-state index < -0.39 is 25.5 Å². The van der Waals surface area contributed by atoms with Crippen LogP contribution in [0.25, 0.3) is 10.1 Å². The van der Waals surface area contributed by atoms with Crippen molar-refractivity contribution in [3.8, 4) is 5.75 Å². The van der Waals surface area contributed by atoms with Crippen molar-refractivity contribution in [2.45, 2.75) is 32.0 Å². The molecule has 2 aromatic carbocycles. The Morgan fingerprint density at radius 1 is 1.15 bits per heavy atom. The molecule has 1 aliphatic rings. The highest BCUT2D eigenvalue weighted by molar-refractivity contribution is 7.56. The molecule has 2 N–H and O–H groups in total. The lowest BCUT2D eigenvalue weighted by Gasteiger charge is -2.23. The van der Waals surface area contributed by atoms with Gasteiger partial charge in [0.15, 0.2) is 0 Å². The van der Waals surface area contributed by atoms with E-state index in [2.05, 4.69) is 5.09 Å². The van der Waals surface area contributed by atoms with Gasteiger partial charge in [-0.05, 0) is 61.0 Å². The van der Waals surface area contributed by atoms with Crippen molar-refractivity contribution in [3.05, 3.63) is 65.0 Å². The van der Waals surface area contributed by atoms with Gasteiger partial charge in [0.25, 0.3) is 0 Å². The summed E-state index contributed by atoms with van der Waals surface area (Å²) in [4.78, 5) is 23.2. The fourth-order valence-corrected chi connectivity index (χ4v) is 6.25. The Bertz CT molecular complexity index is 1150. The SMILES string of the molecule is C1CCOC1.COC(=O)C(C)NP(=O)(Cc1ccc2sc(C(=O)O)cc2c1)Oc1ccccc1. The van der Waals surface area contributed by atoms with Crippen LogP contribution in [-0.2, 0) is 25.0 Å². The molecule has 0 saturated carbocycles. The number of carboxylic acid groups (broad SMARTS) is 1. The van der Waals surface area contributed by atoms with Crippen LogP contribution in [0.1, 0.15) is 35.0 Å². The van der Waals surface area contributed by atoms with Gasteiger partial charge in [0.1, 0.15) is 16.7 Å². The number of thiophene rings is 1. The zero-order valence-corrected chi connectivity index (χ0v) is 20.8. The largest absolute Gasteiger partial charge is 0.477 e. The summed E-state index contributed by atoms with van der Waals surface area (Å²) in [5, 5.41) is 12.7. The van der Waals surface area contributed by atoms with E-state index in [9.17, 15) is 19.3 Å². The number of methoxy groups -OCH3 is 1. The summed E-state index contributed by atoms with van der Waals surface area (Å²) in [7, 11) is -2.28. The Morgan fingerprint density at radius 2 is 1.85 bits per heavy atom. The molecule has 1 aromatic heterocycles. The van der Waals surface area contributed by atoms with E-state index in [1.165, 1.54) is 31.3 Å². The fraction of sp³-hybridized carbons (Fsp3) is 0.333. The molecule has 1 aliphatic heterocycles. The van der Waals surface area contributed by atoms with Crippen molar-refractivity contribution < 1.29 is 33.3 Å². The summed E-state index contributed by atoms with van der Waals surface area (Å²) in [6.45, 7) is 3.55. The molecule has 1 saturated heterocycles. The molecule has 2 heterocycles. The van der Waals surface area contributed by atoms with Crippen molar-refractivity contribution in [3.63, 3.8) is 0 Å². The van der Waals surface area contributed by atoms with E-state index in [1.807, 2.05) is 6.07 Å². The zero-order valence-electron chi connectivity index (χ0n) is 19.1. The lowest BCUT2D eigenvalue weighted by molar-refractivity contribution is -0.142. The highest BCUT2D eigenvalue weighted by Crippen LogP contribution is 2.47. The zero-order chi connectivity index (χ0) is 24.6. The second-order valence-electron chi connectivity index (χ2n) is 7.72. The minimum absolute atomic E-state index is 0.0113. The average Bonchev–Trinajstić information content (AvgIpc) is 3.52. The van der Waals surface area contributed by atoms with Gasteiger partial charge in [0.2, 0.25) is 0 Å². The van der Waals surface area contributed by atoms with Gasteiger partial charge in [-0.2, -0.15) is 0 Å². The van der Waals surface area contributed by atoms with E-state index >= 15 is 0 Å². The number of benzene rings is 2. The summed E-state index contributed by atoms with van der Waals surface area (Å²) < 4.78 is 29.8. The summed E-state index contributed by atoms with van der Waals surface area (Å²) in [6.07, 6.45) is 2.57. The lowest BCUT2D eigenvalue weighted by atomic mass is 10.2. The van der Waals surface area contributed by atoms with Crippen molar-refractivity contribution in [1.82, 2.24) is 5.09 Å². The number of nitrogens with one attached hydrogen (secondary N) is 1. The van der Waals surface area contributed by atoms with Gasteiger partial charge in [0, 0.05) is 17.9 Å². The van der Waals surface area contributed by atoms with E-state index in [0.29, 0.717) is 11.3 Å². The first kappa shape index (κ1) is 25.9. The van der Waals surface area contributed by atoms with Crippen LogP contribution in [0.5, 0.6) is 5.75 Å². The number of carbonyl (C=O) groups excluding carboxylic acids is 1. The summed E-state index contributed by atoms with van der Waals surface area (Å²) in [6, 6.07) is 14.8. The molecule has 0 amide bonds. The number of para-hydroxylation sites is 1. The summed E-state index contributed by atoms with van der Waals surface area (Å²) >= 11 is 1.18. The van der Waals surface area contributed by atoms with Gasteiger partial charge in [-0.15, -0.1) is 11.3 Å². The molecule has 0 bridgehead atoms. The third-order valence-electron chi connectivity index (χ3n) is 4.95. The Labute approximate surface area is 202 Å². The monoisotopic (exact) mass is 505 g/mol. The Balaban J connectivity index is 0.000000574. The number of fused-ring (bicyclic) bond motifs is 1. The number of aromatic carboxylic acids is 1. The van der Waals surface area contributed by atoms with E-state index in [4.69, 9.17) is 14.0 Å². The maximum Gasteiger partial charge on any atom is 0.345 e. The second-order valence-corrected chi connectivity index (χ2v) is 10.9. The van der Waals surface area contributed by atoms with Crippen LogP contribution in [0.3, 0.4) is 0 Å². The van der Waals surface area contributed by atoms with Crippen molar-refractivity contribution in [2.24, 2.45) is 0 Å². The molecule has 0 aliphatic carbocycles. The van der Waals surface area contributed by atoms with Crippen LogP contribution in [0.15, 0.2) is 54.6 Å². The third-order valence-corrected chi connectivity index (χ3v) is 8.12. The number of hydrogen-bond acceptors (Lipinski definition) is 7. The van der Waals surface area contributed by atoms with Crippen LogP contribution < -0.4 is 9.61 Å². The Hall–Kier alpha value is -2.71. The number of rotatable bonds is 8. The minimum atomic E-state index is -3.54. The number of ether oxygens (including phenoxy) is 2. The van der Waals surface area contributed by atoms with Gasteiger partial charge >= 0.3 is 19.5 Å². The molecule has 3 aromatic rings. The number of carbonyl (C=O) groups is 2. The molecule has 2 unspecified atom stereocenters. The molecule has 10 heteroatoms. The van der Waals surface area contributed by atoms with Gasteiger partial charge in [-0.3, -0.25) is 9.36 Å². The highest BCUT2D eigenvalue weighted by atomic mass is 32.1. The molecule has 182 valence electrons. The third kappa shape index (κ3) is 7.40. The van der Waals surface area contributed by atoms with Crippen molar-refractivity contribution in [2.75, 3.05) is 20.3 Å². The molecular weight excluding hydrogens is 477 g/mol. The van der Waals surface area contributed by atoms with Crippen LogP contribution in [0.4, 0.5) is 0 Å². The Morgan fingerprint density at radius 3 is 2.44 bits per heavy atom. The second kappa shape index (κ2) is 12.1. The van der Waals surface area contributed by atoms with Gasteiger partial charge in [-0.25, -0.2) is 9.88 Å². The highest BCUT2D eigenvalue weighted by Gasteiger charge is 2.30. The number of hydrogen-bond donors (Lipinski definition) is 2. The molecule has 34 heavy (non-hydrogen) atoms. The maximum absolute atomic E-state index is 13.6. The molecule has 8 nitrogen and oxygen atoms in total. The average molecular weight is 506 g/mol. The smallest absolute Gasteiger partial charge is 0.345 e. The maximum atomic E-state index is 13.6. The standard InChI is InChI=1S/C20H20NO6PS.C4H8O/c1-13(20(24)26-2)21-28(25,27-16-6-4-3-5-7-16)12-14-8-9-17-15(10-14)11-18(29-17)19(22)23;1-2-4-5-3-1/h3-11,13H,12H2,1-2H3,(H,21,25)(H,22,23);1-4H2. The number of carboxylic acids is 1. The van der Waals surface area contributed by atoms with Crippen LogP contribution in [0.2, 0.25) is 0 Å². The van der Waals surface area contributed by atoms with Gasteiger partial charge in [-0.1, -0.05) is 24.3 Å². The molecule has 1 fully saturated rings. The minimum Gasteiger partial charge on any atom is -0.477 e. The first-order valence-corrected chi connectivity index (χ1v) is 13.4. The normalized spacial score (nSPS) is 15.6. The predicted octanol–water partition coefficient (Wildman–Crippen LogP) is 5.32. The van der Waals surface area contributed by atoms with Crippen molar-refractivity contribution >= 4 is 40.9 Å². The van der Waals surface area contributed by atoms with Crippen molar-refractivity contribution in [1.29, 1.82) is 0 Å². The van der Waals surface area contributed by atoms with E-state index in [-0.39, 0.29) is 11.0 Å². The first-order chi connectivity index (χ1) is 16.3. The molecule has 2 atom stereocenters. The number of esters is 1. The quantitative estimate of drug-likeness (QED) is 0.313. The van der Waals surface area contributed by atoms with Gasteiger partial charge in [0.05, 0.1) is 13.3 Å². The van der Waals surface area contributed by atoms with E-state index in [0.717, 1.165) is 23.3 Å². The first-order valence-electron chi connectivity index (χ1n) is 10.8. The summed E-state index contributed by atoms with van der Waals surface area (Å²) in [5.74, 6) is -1.13. The molecule has 4 rings (SSSR count). The van der Waals surface area contributed by atoms with Gasteiger partial charge < -0.3 is 19.1 Å². The Kier molecular flexibility index (Phi) is 9.24. The van der Waals surface area contributed by atoms with Crippen LogP contribution in [0, 0.1) is 0 Å². The lowest BCUT2D eigenvalue weighted by Crippen LogP contribution is -2.34. The topological polar surface area (TPSA) is 111 Å². The van der Waals surface area contributed by atoms with E-state index in [1.54, 1.807) is 55.5 Å². The van der Waals surface area contributed by atoms with Crippen LogP contribution >= 0.6 is 18.9 Å². The van der Waals surface area contributed by atoms with Crippen LogP contribution in [-0.4, -0.2) is 43.4 Å². The predicted molar refractivity (Wildman–Crippen MR) is 132 cm³/mol. The molecule has 0 spiro atoms. The molecule has 0 radical (unpaired) electrons. The fourth-order valence-electron chi connectivity index (χ4n) is 3.33.